The summed E-state index contributed by atoms with van der Waals surface area (Å²) in [6.07, 6.45) is 0. The molecule has 0 aliphatic carbocycles. The number of alkyl halides is 1. The minimum Gasteiger partial charge on any atom is -0.423 e. The summed E-state index contributed by atoms with van der Waals surface area (Å²) < 4.78 is 5.20. The third-order valence-electron chi connectivity index (χ3n) is 2.84. The number of rotatable bonds is 1. The molecule has 0 saturated heterocycles. The molecule has 0 radical (unpaired) electrons. The van der Waals surface area contributed by atoms with Gasteiger partial charge in [-0.1, -0.05) is 42.8 Å². The highest BCUT2D eigenvalue weighted by Crippen LogP contribution is 2.27. The standard InChI is InChI=1S/C14H15BrO2/c1-14(2,3)10-4-5-12-11(7-10)9(8-15)6-13(16)17-12/h4-7H,8H2,1-3H3. The maximum Gasteiger partial charge on any atom is 0.336 e. The number of hydrogen-bond donors (Lipinski definition) is 0. The van der Waals surface area contributed by atoms with Gasteiger partial charge in [0.25, 0.3) is 0 Å². The van der Waals surface area contributed by atoms with Crippen LogP contribution in [-0.2, 0) is 10.7 Å². The van der Waals surface area contributed by atoms with Gasteiger partial charge in [0.05, 0.1) is 0 Å². The first-order valence-corrected chi connectivity index (χ1v) is 6.67. The summed E-state index contributed by atoms with van der Waals surface area (Å²) in [5, 5.41) is 1.66. The van der Waals surface area contributed by atoms with E-state index in [2.05, 4.69) is 42.8 Å². The van der Waals surface area contributed by atoms with Gasteiger partial charge in [-0.05, 0) is 28.7 Å². The lowest BCUT2D eigenvalue weighted by Gasteiger charge is -2.19. The zero-order chi connectivity index (χ0) is 12.6. The van der Waals surface area contributed by atoms with Crippen molar-refractivity contribution in [1.82, 2.24) is 0 Å². The van der Waals surface area contributed by atoms with Gasteiger partial charge in [-0.3, -0.25) is 0 Å². The maximum atomic E-state index is 11.4. The molecule has 0 amide bonds. The molecule has 0 N–H and O–H groups in total. The molecule has 3 heteroatoms. The summed E-state index contributed by atoms with van der Waals surface area (Å²) in [6.45, 7) is 6.50. The Bertz CT molecular complexity index is 606. The molecule has 1 heterocycles. The number of halogens is 1. The van der Waals surface area contributed by atoms with Crippen molar-refractivity contribution >= 4 is 26.9 Å². The number of benzene rings is 1. The monoisotopic (exact) mass is 294 g/mol. The Labute approximate surface area is 109 Å². The molecule has 90 valence electrons. The van der Waals surface area contributed by atoms with E-state index in [0.717, 1.165) is 10.9 Å². The SMILES string of the molecule is CC(C)(C)c1ccc2oc(=O)cc(CBr)c2c1. The van der Waals surface area contributed by atoms with Gasteiger partial charge in [0.1, 0.15) is 5.58 Å². The van der Waals surface area contributed by atoms with E-state index < -0.39 is 0 Å². The zero-order valence-corrected chi connectivity index (χ0v) is 11.8. The van der Waals surface area contributed by atoms with Crippen molar-refractivity contribution in [2.75, 3.05) is 0 Å². The molecule has 0 aliphatic heterocycles. The first kappa shape index (κ1) is 12.4. The maximum absolute atomic E-state index is 11.4. The smallest absolute Gasteiger partial charge is 0.336 e. The van der Waals surface area contributed by atoms with Crippen molar-refractivity contribution in [2.24, 2.45) is 0 Å². The van der Waals surface area contributed by atoms with E-state index in [4.69, 9.17) is 4.42 Å². The van der Waals surface area contributed by atoms with Crippen molar-refractivity contribution in [3.8, 4) is 0 Å². The Hall–Kier alpha value is -1.09. The van der Waals surface area contributed by atoms with Crippen LogP contribution in [0.3, 0.4) is 0 Å². The van der Waals surface area contributed by atoms with Crippen LogP contribution in [0.25, 0.3) is 11.0 Å². The van der Waals surface area contributed by atoms with Gasteiger partial charge in [-0.15, -0.1) is 0 Å². The first-order valence-electron chi connectivity index (χ1n) is 5.55. The van der Waals surface area contributed by atoms with Gasteiger partial charge in [-0.2, -0.15) is 0 Å². The van der Waals surface area contributed by atoms with Crippen molar-refractivity contribution in [3.63, 3.8) is 0 Å². The van der Waals surface area contributed by atoms with Crippen LogP contribution in [0, 0.1) is 0 Å². The van der Waals surface area contributed by atoms with Gasteiger partial charge in [0.2, 0.25) is 0 Å². The molecule has 1 aromatic heterocycles. The fraction of sp³-hybridized carbons (Fsp3) is 0.357. The third kappa shape index (κ3) is 2.44. The Kier molecular flexibility index (Phi) is 3.13. The van der Waals surface area contributed by atoms with E-state index in [1.54, 1.807) is 6.07 Å². The number of fused-ring (bicyclic) bond motifs is 1. The van der Waals surface area contributed by atoms with E-state index >= 15 is 0 Å². The minimum absolute atomic E-state index is 0.0912. The second kappa shape index (κ2) is 4.30. The van der Waals surface area contributed by atoms with E-state index in [1.165, 1.54) is 5.56 Å². The largest absolute Gasteiger partial charge is 0.423 e. The second-order valence-electron chi connectivity index (χ2n) is 5.19. The summed E-state index contributed by atoms with van der Waals surface area (Å²) in [5.74, 6) is 0. The Morgan fingerprint density at radius 1 is 1.24 bits per heavy atom. The molecular formula is C14H15BrO2. The van der Waals surface area contributed by atoms with Crippen LogP contribution in [-0.4, -0.2) is 0 Å². The highest BCUT2D eigenvalue weighted by atomic mass is 79.9. The van der Waals surface area contributed by atoms with Crippen LogP contribution in [0.5, 0.6) is 0 Å². The van der Waals surface area contributed by atoms with Crippen molar-refractivity contribution in [3.05, 3.63) is 45.8 Å². The molecule has 0 unspecified atom stereocenters. The molecule has 0 fully saturated rings. The molecule has 2 rings (SSSR count). The predicted molar refractivity (Wildman–Crippen MR) is 73.8 cm³/mol. The molecular weight excluding hydrogens is 280 g/mol. The van der Waals surface area contributed by atoms with Gasteiger partial charge < -0.3 is 4.42 Å². The Morgan fingerprint density at radius 2 is 1.94 bits per heavy atom. The van der Waals surface area contributed by atoms with Gasteiger partial charge in [0, 0.05) is 16.8 Å². The fourth-order valence-electron chi connectivity index (χ4n) is 1.80. The third-order valence-corrected chi connectivity index (χ3v) is 3.44. The molecule has 0 aliphatic rings. The lowest BCUT2D eigenvalue weighted by molar-refractivity contribution is 0.557. The van der Waals surface area contributed by atoms with Crippen LogP contribution in [0.1, 0.15) is 31.9 Å². The molecule has 2 nitrogen and oxygen atoms in total. The summed E-state index contributed by atoms with van der Waals surface area (Å²) in [5.41, 5.74) is 2.66. The van der Waals surface area contributed by atoms with Gasteiger partial charge >= 0.3 is 5.63 Å². The van der Waals surface area contributed by atoms with Gasteiger partial charge in [-0.25, -0.2) is 4.79 Å². The lowest BCUT2D eigenvalue weighted by atomic mass is 9.86. The van der Waals surface area contributed by atoms with Crippen LogP contribution < -0.4 is 5.63 Å². The van der Waals surface area contributed by atoms with E-state index in [9.17, 15) is 4.79 Å². The van der Waals surface area contributed by atoms with Crippen molar-refractivity contribution in [2.45, 2.75) is 31.5 Å². The molecule has 0 bridgehead atoms. The summed E-state index contributed by atoms with van der Waals surface area (Å²) in [4.78, 5) is 11.4. The lowest BCUT2D eigenvalue weighted by Crippen LogP contribution is -2.11. The highest BCUT2D eigenvalue weighted by molar-refractivity contribution is 9.08. The van der Waals surface area contributed by atoms with Crippen LogP contribution >= 0.6 is 15.9 Å². The molecule has 0 atom stereocenters. The fourth-order valence-corrected chi connectivity index (χ4v) is 2.27. The topological polar surface area (TPSA) is 30.2 Å². The summed E-state index contributed by atoms with van der Waals surface area (Å²) >= 11 is 3.41. The Morgan fingerprint density at radius 3 is 2.53 bits per heavy atom. The molecule has 17 heavy (non-hydrogen) atoms. The summed E-state index contributed by atoms with van der Waals surface area (Å²) in [6, 6.07) is 7.55. The van der Waals surface area contributed by atoms with E-state index in [0.29, 0.717) is 10.9 Å². The van der Waals surface area contributed by atoms with Crippen molar-refractivity contribution < 1.29 is 4.42 Å². The molecule has 2 aromatic rings. The van der Waals surface area contributed by atoms with Crippen LogP contribution in [0.2, 0.25) is 0 Å². The molecule has 0 saturated carbocycles. The van der Waals surface area contributed by atoms with E-state index in [1.807, 2.05) is 12.1 Å². The van der Waals surface area contributed by atoms with Gasteiger partial charge in [0.15, 0.2) is 0 Å². The zero-order valence-electron chi connectivity index (χ0n) is 10.2. The minimum atomic E-state index is -0.296. The molecule has 0 spiro atoms. The van der Waals surface area contributed by atoms with Crippen LogP contribution in [0.15, 0.2) is 33.5 Å². The predicted octanol–water partition coefficient (Wildman–Crippen LogP) is 3.99. The van der Waals surface area contributed by atoms with E-state index in [-0.39, 0.29) is 11.0 Å². The average molecular weight is 295 g/mol. The Balaban J connectivity index is 2.76. The summed E-state index contributed by atoms with van der Waals surface area (Å²) in [7, 11) is 0. The normalized spacial score (nSPS) is 12.0. The molecule has 1 aromatic carbocycles. The second-order valence-corrected chi connectivity index (χ2v) is 5.75. The average Bonchev–Trinajstić information content (AvgIpc) is 2.25. The first-order chi connectivity index (χ1) is 7.91. The van der Waals surface area contributed by atoms with Crippen molar-refractivity contribution in [1.29, 1.82) is 0 Å². The quantitative estimate of drug-likeness (QED) is 0.588. The highest BCUT2D eigenvalue weighted by Gasteiger charge is 2.15. The van der Waals surface area contributed by atoms with Crippen LogP contribution in [0.4, 0.5) is 0 Å². The number of hydrogen-bond acceptors (Lipinski definition) is 2.